The molecule has 0 saturated heterocycles. The molecule has 6 nitrogen and oxygen atoms in total. The van der Waals surface area contributed by atoms with Crippen LogP contribution in [0.4, 0.5) is 0 Å². The van der Waals surface area contributed by atoms with Crippen LogP contribution in [0.3, 0.4) is 0 Å². The highest BCUT2D eigenvalue weighted by Gasteiger charge is 2.19. The van der Waals surface area contributed by atoms with Gasteiger partial charge in [0, 0.05) is 19.3 Å². The maximum atomic E-state index is 12.9. The van der Waals surface area contributed by atoms with Gasteiger partial charge in [0.05, 0.1) is 0 Å². The van der Waals surface area contributed by atoms with E-state index in [4.69, 9.17) is 14.2 Å². The molecule has 0 fully saturated rings. The van der Waals surface area contributed by atoms with Gasteiger partial charge in [-0.25, -0.2) is 0 Å². The molecule has 0 aromatic heterocycles. The average Bonchev–Trinajstić information content (AvgIpc) is 3.49. The summed E-state index contributed by atoms with van der Waals surface area (Å²) >= 11 is 0. The van der Waals surface area contributed by atoms with Gasteiger partial charge < -0.3 is 14.2 Å². The predicted molar refractivity (Wildman–Crippen MR) is 362 cm³/mol. The zero-order valence-electron chi connectivity index (χ0n) is 55.7. The fourth-order valence-corrected chi connectivity index (χ4v) is 11.0. The van der Waals surface area contributed by atoms with E-state index in [1.165, 1.54) is 270 Å². The Hall–Kier alpha value is -2.89. The number of ether oxygens (including phenoxy) is 3. The van der Waals surface area contributed by atoms with Crippen molar-refractivity contribution >= 4 is 17.9 Å². The first-order valence-corrected chi connectivity index (χ1v) is 36.8. The highest BCUT2D eigenvalue weighted by atomic mass is 16.6. The lowest BCUT2D eigenvalue weighted by Gasteiger charge is -2.18. The van der Waals surface area contributed by atoms with Gasteiger partial charge in [-0.3, -0.25) is 14.4 Å². The second kappa shape index (κ2) is 71.6. The Morgan fingerprint density at radius 2 is 0.434 bits per heavy atom. The maximum absolute atomic E-state index is 12.9. The van der Waals surface area contributed by atoms with E-state index in [1.54, 1.807) is 0 Å². The summed E-state index contributed by atoms with van der Waals surface area (Å²) in [7, 11) is 0. The third kappa shape index (κ3) is 69.8. The molecule has 0 bridgehead atoms. The first kappa shape index (κ1) is 80.1. The third-order valence-electron chi connectivity index (χ3n) is 16.5. The van der Waals surface area contributed by atoms with Crippen LogP contribution >= 0.6 is 0 Å². The molecule has 0 heterocycles. The Balaban J connectivity index is 4.04. The smallest absolute Gasteiger partial charge is 0.306 e. The van der Waals surface area contributed by atoms with Crippen molar-refractivity contribution < 1.29 is 28.6 Å². The summed E-state index contributed by atoms with van der Waals surface area (Å²) in [6.07, 6.45) is 92.8. The van der Waals surface area contributed by atoms with Crippen LogP contribution in [-0.4, -0.2) is 37.2 Å². The van der Waals surface area contributed by atoms with Gasteiger partial charge in [-0.15, -0.1) is 0 Å². The van der Waals surface area contributed by atoms with E-state index in [9.17, 15) is 14.4 Å². The van der Waals surface area contributed by atoms with Crippen molar-refractivity contribution in [2.24, 2.45) is 0 Å². The van der Waals surface area contributed by atoms with Gasteiger partial charge in [0.25, 0.3) is 0 Å². The minimum Gasteiger partial charge on any atom is -0.462 e. The van der Waals surface area contributed by atoms with E-state index in [0.717, 1.165) is 83.5 Å². The molecule has 0 aromatic carbocycles. The van der Waals surface area contributed by atoms with Crippen LogP contribution in [0.2, 0.25) is 0 Å². The van der Waals surface area contributed by atoms with Gasteiger partial charge in [0.2, 0.25) is 0 Å². The summed E-state index contributed by atoms with van der Waals surface area (Å²) in [4.78, 5) is 38.3. The average molecular weight is 1160 g/mol. The SMILES string of the molecule is CCCCCCC/C=C\C/C=C\C/C=C\CCCCCCCCC(=O)OC(COC(=O)CCCCCCCCCCC)COC(=O)CCCCCCCCCCCCCCCCCCCCCCCCC/C=C\C/C=C\CCCCCCC. The molecule has 1 unspecified atom stereocenters. The molecule has 0 radical (unpaired) electrons. The van der Waals surface area contributed by atoms with Crippen LogP contribution in [0.5, 0.6) is 0 Å². The quantitative estimate of drug-likeness (QED) is 0.0261. The molecule has 0 aliphatic rings. The Bertz CT molecular complexity index is 1470. The molecule has 0 saturated carbocycles. The van der Waals surface area contributed by atoms with Gasteiger partial charge in [0.15, 0.2) is 6.10 Å². The fourth-order valence-electron chi connectivity index (χ4n) is 11.0. The summed E-state index contributed by atoms with van der Waals surface area (Å²) in [5.74, 6) is -0.867. The minimum absolute atomic E-state index is 0.0746. The number of hydrogen-bond acceptors (Lipinski definition) is 6. The van der Waals surface area contributed by atoms with Crippen LogP contribution in [0, 0.1) is 0 Å². The molecular formula is C77H140O6. The lowest BCUT2D eigenvalue weighted by molar-refractivity contribution is -0.167. The Morgan fingerprint density at radius 3 is 0.675 bits per heavy atom. The van der Waals surface area contributed by atoms with Gasteiger partial charge in [0.1, 0.15) is 13.2 Å². The number of carbonyl (C=O) groups is 3. The summed E-state index contributed by atoms with van der Waals surface area (Å²) in [5, 5.41) is 0. The van der Waals surface area contributed by atoms with Crippen LogP contribution < -0.4 is 0 Å². The minimum atomic E-state index is -0.778. The third-order valence-corrected chi connectivity index (χ3v) is 16.5. The molecule has 0 spiro atoms. The number of carbonyl (C=O) groups excluding carboxylic acids is 3. The van der Waals surface area contributed by atoms with Crippen molar-refractivity contribution in [2.75, 3.05) is 13.2 Å². The Morgan fingerprint density at radius 1 is 0.241 bits per heavy atom. The highest BCUT2D eigenvalue weighted by Crippen LogP contribution is 2.18. The molecule has 0 amide bonds. The predicted octanol–water partition coefficient (Wildman–Crippen LogP) is 25.5. The molecular weight excluding hydrogens is 1020 g/mol. The monoisotopic (exact) mass is 1160 g/mol. The van der Waals surface area contributed by atoms with Crippen LogP contribution in [0.25, 0.3) is 0 Å². The second-order valence-corrected chi connectivity index (χ2v) is 24.9. The Labute approximate surface area is 517 Å². The molecule has 6 heteroatoms. The van der Waals surface area contributed by atoms with Crippen molar-refractivity contribution in [1.29, 1.82) is 0 Å². The summed E-state index contributed by atoms with van der Waals surface area (Å²) < 4.78 is 16.9. The highest BCUT2D eigenvalue weighted by molar-refractivity contribution is 5.71. The molecule has 0 aliphatic carbocycles. The van der Waals surface area contributed by atoms with E-state index in [2.05, 4.69) is 81.5 Å². The molecule has 1 atom stereocenters. The lowest BCUT2D eigenvalue weighted by atomic mass is 10.0. The number of allylic oxidation sites excluding steroid dienone is 10. The van der Waals surface area contributed by atoms with Crippen molar-refractivity contribution in [2.45, 2.75) is 399 Å². The van der Waals surface area contributed by atoms with E-state index < -0.39 is 6.10 Å². The summed E-state index contributed by atoms with van der Waals surface area (Å²) in [5.41, 5.74) is 0. The number of rotatable bonds is 68. The first-order chi connectivity index (χ1) is 41.0. The molecule has 0 aliphatic heterocycles. The van der Waals surface area contributed by atoms with Gasteiger partial charge in [-0.2, -0.15) is 0 Å². The zero-order chi connectivity index (χ0) is 59.9. The molecule has 0 aromatic rings. The molecule has 0 rings (SSSR count). The van der Waals surface area contributed by atoms with E-state index >= 15 is 0 Å². The van der Waals surface area contributed by atoms with Crippen LogP contribution in [0.15, 0.2) is 60.8 Å². The summed E-state index contributed by atoms with van der Waals surface area (Å²) in [6.45, 7) is 6.64. The molecule has 0 N–H and O–H groups in total. The normalized spacial score (nSPS) is 12.4. The van der Waals surface area contributed by atoms with E-state index in [-0.39, 0.29) is 31.1 Å². The van der Waals surface area contributed by atoms with Crippen molar-refractivity contribution in [3.63, 3.8) is 0 Å². The zero-order valence-corrected chi connectivity index (χ0v) is 55.7. The van der Waals surface area contributed by atoms with Crippen molar-refractivity contribution in [3.8, 4) is 0 Å². The summed E-state index contributed by atoms with van der Waals surface area (Å²) in [6, 6.07) is 0. The standard InChI is InChI=1S/C77H140O6/c1-4-7-10-13-16-19-21-23-25-27-29-31-32-33-34-35-36-37-38-39-40-41-42-43-44-46-47-49-51-53-55-58-61-64-67-70-76(79)82-73-74(72-81-75(78)69-66-63-60-57-18-15-12-9-6-3)83-77(80)71-68-65-62-59-56-54-52-50-48-45-30-28-26-24-22-20-17-14-11-8-5-2/h21-24,27-30,48,50,74H,4-20,25-26,31-47,49,51-73H2,1-3H3/b23-21-,24-22-,29-27-,30-28-,50-48-. The van der Waals surface area contributed by atoms with E-state index in [0.29, 0.717) is 19.3 Å². The molecule has 484 valence electrons. The maximum Gasteiger partial charge on any atom is 0.306 e. The molecule has 83 heavy (non-hydrogen) atoms. The topological polar surface area (TPSA) is 78.9 Å². The number of esters is 3. The first-order valence-electron chi connectivity index (χ1n) is 36.8. The van der Waals surface area contributed by atoms with Crippen LogP contribution in [-0.2, 0) is 28.6 Å². The number of unbranched alkanes of at least 4 members (excludes halogenated alkanes) is 47. The van der Waals surface area contributed by atoms with Crippen molar-refractivity contribution in [3.05, 3.63) is 60.8 Å². The number of hydrogen-bond donors (Lipinski definition) is 0. The van der Waals surface area contributed by atoms with Crippen molar-refractivity contribution in [1.82, 2.24) is 0 Å². The van der Waals surface area contributed by atoms with Gasteiger partial charge in [-0.05, 0) is 89.9 Å². The van der Waals surface area contributed by atoms with Crippen LogP contribution in [0.1, 0.15) is 393 Å². The Kier molecular flexibility index (Phi) is 69.1. The largest absolute Gasteiger partial charge is 0.462 e. The lowest BCUT2D eigenvalue weighted by Crippen LogP contribution is -2.30. The fraction of sp³-hybridized carbons (Fsp3) is 0.831. The second-order valence-electron chi connectivity index (χ2n) is 24.9. The van der Waals surface area contributed by atoms with Gasteiger partial charge in [-0.1, -0.05) is 345 Å². The van der Waals surface area contributed by atoms with Gasteiger partial charge >= 0.3 is 17.9 Å². The van der Waals surface area contributed by atoms with E-state index in [1.807, 2.05) is 0 Å².